The Hall–Kier alpha value is -2.94. The molecule has 9 heteroatoms. The standard InChI is InChI=1S/C21H26FN5O2S/c1-2-29-21(28)27-11-8-17(9-12-27)25-20(30)26-18-7-10-23-14-19(18)24-13-15-3-5-16(22)6-4-15/h3-7,10,14,17,24H,2,8-9,11-13H2,1H3,(H2,23,25,26,30). The van der Waals surface area contributed by atoms with Crippen molar-refractivity contribution in [3.05, 3.63) is 54.1 Å². The number of carbonyl (C=O) groups excluding carboxylic acids is 1. The normalized spacial score (nSPS) is 14.1. The maximum atomic E-state index is 13.1. The molecule has 3 N–H and O–H groups in total. The molecule has 1 amide bonds. The zero-order valence-corrected chi connectivity index (χ0v) is 17.7. The summed E-state index contributed by atoms with van der Waals surface area (Å²) in [5, 5.41) is 10.3. The van der Waals surface area contributed by atoms with Crippen LogP contribution in [0.2, 0.25) is 0 Å². The SMILES string of the molecule is CCOC(=O)N1CCC(NC(=S)Nc2ccncc2NCc2ccc(F)cc2)CC1. The first-order valence-electron chi connectivity index (χ1n) is 9.96. The highest BCUT2D eigenvalue weighted by Crippen LogP contribution is 2.21. The molecule has 1 aliphatic heterocycles. The summed E-state index contributed by atoms with van der Waals surface area (Å²) in [6.07, 6.45) is 4.74. The summed E-state index contributed by atoms with van der Waals surface area (Å²) in [6, 6.07) is 8.37. The number of thiocarbonyl (C=S) groups is 1. The number of nitrogens with zero attached hydrogens (tertiary/aromatic N) is 2. The lowest BCUT2D eigenvalue weighted by Crippen LogP contribution is -2.47. The number of pyridine rings is 1. The van der Waals surface area contributed by atoms with Gasteiger partial charge in [0.1, 0.15) is 5.82 Å². The molecule has 0 saturated carbocycles. The second kappa shape index (κ2) is 10.7. The van der Waals surface area contributed by atoms with Crippen molar-refractivity contribution in [1.29, 1.82) is 0 Å². The van der Waals surface area contributed by atoms with Gasteiger partial charge in [0.05, 0.1) is 24.2 Å². The van der Waals surface area contributed by atoms with Gasteiger partial charge in [-0.05, 0) is 55.7 Å². The Morgan fingerprint density at radius 3 is 2.67 bits per heavy atom. The van der Waals surface area contributed by atoms with Gasteiger partial charge in [-0.25, -0.2) is 9.18 Å². The van der Waals surface area contributed by atoms with Crippen LogP contribution in [0.5, 0.6) is 0 Å². The lowest BCUT2D eigenvalue weighted by molar-refractivity contribution is 0.0964. The minimum absolute atomic E-state index is 0.188. The molecule has 0 aliphatic carbocycles. The van der Waals surface area contributed by atoms with Crippen LogP contribution in [0.15, 0.2) is 42.7 Å². The Labute approximate surface area is 181 Å². The Morgan fingerprint density at radius 1 is 1.23 bits per heavy atom. The monoisotopic (exact) mass is 431 g/mol. The minimum atomic E-state index is -0.259. The number of halogens is 1. The molecular weight excluding hydrogens is 405 g/mol. The molecule has 0 radical (unpaired) electrons. The van der Waals surface area contributed by atoms with E-state index in [0.717, 1.165) is 29.8 Å². The molecule has 0 bridgehead atoms. The van der Waals surface area contributed by atoms with Crippen LogP contribution < -0.4 is 16.0 Å². The van der Waals surface area contributed by atoms with Crippen molar-refractivity contribution in [2.45, 2.75) is 32.4 Å². The number of aromatic nitrogens is 1. The number of nitrogens with one attached hydrogen (secondary N) is 3. The molecular formula is C21H26FN5O2S. The highest BCUT2D eigenvalue weighted by Gasteiger charge is 2.24. The Bertz CT molecular complexity index is 857. The molecule has 2 heterocycles. The van der Waals surface area contributed by atoms with Crippen LogP contribution in [0.1, 0.15) is 25.3 Å². The molecule has 1 saturated heterocycles. The molecule has 160 valence electrons. The van der Waals surface area contributed by atoms with Gasteiger partial charge >= 0.3 is 6.09 Å². The predicted octanol–water partition coefficient (Wildman–Crippen LogP) is 3.74. The number of rotatable bonds is 6. The first-order valence-corrected chi connectivity index (χ1v) is 10.4. The van der Waals surface area contributed by atoms with E-state index in [0.29, 0.717) is 31.4 Å². The fraction of sp³-hybridized carbons (Fsp3) is 0.381. The van der Waals surface area contributed by atoms with Gasteiger partial charge in [0.25, 0.3) is 0 Å². The molecule has 1 fully saturated rings. The van der Waals surface area contributed by atoms with Gasteiger partial charge in [-0.15, -0.1) is 0 Å². The second-order valence-corrected chi connectivity index (χ2v) is 7.37. The lowest BCUT2D eigenvalue weighted by atomic mass is 10.1. The summed E-state index contributed by atoms with van der Waals surface area (Å²) < 4.78 is 18.1. The van der Waals surface area contributed by atoms with Gasteiger partial charge in [0.2, 0.25) is 0 Å². The topological polar surface area (TPSA) is 78.5 Å². The molecule has 2 aromatic rings. The molecule has 0 unspecified atom stereocenters. The summed E-state index contributed by atoms with van der Waals surface area (Å²) >= 11 is 5.47. The van der Waals surface area contributed by atoms with E-state index in [1.54, 1.807) is 36.4 Å². The van der Waals surface area contributed by atoms with E-state index in [1.165, 1.54) is 12.1 Å². The summed E-state index contributed by atoms with van der Waals surface area (Å²) in [4.78, 5) is 17.7. The highest BCUT2D eigenvalue weighted by molar-refractivity contribution is 7.80. The van der Waals surface area contributed by atoms with Gasteiger partial charge < -0.3 is 25.6 Å². The summed E-state index contributed by atoms with van der Waals surface area (Å²) in [5.74, 6) is -0.257. The van der Waals surface area contributed by atoms with Crippen LogP contribution in [0, 0.1) is 5.82 Å². The average Bonchev–Trinajstić information content (AvgIpc) is 2.75. The number of hydrogen-bond acceptors (Lipinski definition) is 5. The maximum Gasteiger partial charge on any atom is 0.409 e. The number of anilines is 2. The number of carbonyl (C=O) groups is 1. The third-order valence-electron chi connectivity index (χ3n) is 4.82. The van der Waals surface area contributed by atoms with Gasteiger partial charge in [-0.1, -0.05) is 12.1 Å². The molecule has 1 aromatic heterocycles. The van der Waals surface area contributed by atoms with Crippen molar-refractivity contribution in [1.82, 2.24) is 15.2 Å². The molecule has 1 aromatic carbocycles. The summed E-state index contributed by atoms with van der Waals surface area (Å²) in [5.41, 5.74) is 2.55. The van der Waals surface area contributed by atoms with Crippen molar-refractivity contribution in [2.75, 3.05) is 30.3 Å². The first-order chi connectivity index (χ1) is 14.5. The van der Waals surface area contributed by atoms with Gasteiger partial charge in [-0.3, -0.25) is 4.98 Å². The molecule has 0 atom stereocenters. The molecule has 7 nitrogen and oxygen atoms in total. The maximum absolute atomic E-state index is 13.1. The molecule has 0 spiro atoms. The van der Waals surface area contributed by atoms with E-state index in [4.69, 9.17) is 17.0 Å². The van der Waals surface area contributed by atoms with Crippen LogP contribution in [0.25, 0.3) is 0 Å². The van der Waals surface area contributed by atoms with Gasteiger partial charge in [0.15, 0.2) is 5.11 Å². The van der Waals surface area contributed by atoms with Gasteiger partial charge in [-0.2, -0.15) is 0 Å². The summed E-state index contributed by atoms with van der Waals surface area (Å²) in [7, 11) is 0. The number of ether oxygens (including phenoxy) is 1. The van der Waals surface area contributed by atoms with Crippen molar-refractivity contribution in [3.8, 4) is 0 Å². The molecule has 30 heavy (non-hydrogen) atoms. The Balaban J connectivity index is 1.50. The lowest BCUT2D eigenvalue weighted by Gasteiger charge is -2.32. The number of amides is 1. The number of hydrogen-bond donors (Lipinski definition) is 3. The first kappa shape index (κ1) is 21.8. The van der Waals surface area contributed by atoms with Crippen LogP contribution in [-0.4, -0.2) is 46.8 Å². The van der Waals surface area contributed by atoms with Crippen molar-refractivity contribution >= 4 is 34.8 Å². The van der Waals surface area contributed by atoms with E-state index < -0.39 is 0 Å². The van der Waals surface area contributed by atoms with Crippen LogP contribution in [0.3, 0.4) is 0 Å². The largest absolute Gasteiger partial charge is 0.450 e. The van der Waals surface area contributed by atoms with E-state index in [9.17, 15) is 9.18 Å². The zero-order valence-electron chi connectivity index (χ0n) is 16.9. The van der Waals surface area contributed by atoms with Crippen LogP contribution in [-0.2, 0) is 11.3 Å². The number of piperidine rings is 1. The number of benzene rings is 1. The summed E-state index contributed by atoms with van der Waals surface area (Å²) in [6.45, 7) is 4.00. The average molecular weight is 432 g/mol. The minimum Gasteiger partial charge on any atom is -0.450 e. The molecule has 3 rings (SSSR count). The smallest absolute Gasteiger partial charge is 0.409 e. The van der Waals surface area contributed by atoms with Crippen molar-refractivity contribution in [3.63, 3.8) is 0 Å². The second-order valence-electron chi connectivity index (χ2n) is 6.96. The third kappa shape index (κ3) is 6.28. The van der Waals surface area contributed by atoms with E-state index in [-0.39, 0.29) is 18.0 Å². The third-order valence-corrected chi connectivity index (χ3v) is 5.04. The van der Waals surface area contributed by atoms with E-state index >= 15 is 0 Å². The van der Waals surface area contributed by atoms with E-state index in [2.05, 4.69) is 20.9 Å². The number of likely N-dealkylation sites (tertiary alicyclic amines) is 1. The van der Waals surface area contributed by atoms with Crippen molar-refractivity contribution < 1.29 is 13.9 Å². The van der Waals surface area contributed by atoms with Crippen LogP contribution in [0.4, 0.5) is 20.6 Å². The fourth-order valence-corrected chi connectivity index (χ4v) is 3.49. The van der Waals surface area contributed by atoms with E-state index in [1.807, 2.05) is 6.07 Å². The molecule has 1 aliphatic rings. The van der Waals surface area contributed by atoms with Gasteiger partial charge in [0, 0.05) is 31.9 Å². The Morgan fingerprint density at radius 2 is 1.97 bits per heavy atom. The Kier molecular flexibility index (Phi) is 7.78. The fourth-order valence-electron chi connectivity index (χ4n) is 3.21. The highest BCUT2D eigenvalue weighted by atomic mass is 32.1. The van der Waals surface area contributed by atoms with Crippen LogP contribution >= 0.6 is 12.2 Å². The quantitative estimate of drug-likeness (QED) is 0.602. The van der Waals surface area contributed by atoms with Crippen molar-refractivity contribution in [2.24, 2.45) is 0 Å². The zero-order chi connectivity index (χ0) is 21.3. The predicted molar refractivity (Wildman–Crippen MR) is 119 cm³/mol.